The van der Waals surface area contributed by atoms with Crippen LogP contribution in [0.1, 0.15) is 17.4 Å². The molecule has 0 aliphatic rings. The normalized spacial score (nSPS) is 10.8. The predicted molar refractivity (Wildman–Crippen MR) is 116 cm³/mol. The van der Waals surface area contributed by atoms with Crippen LogP contribution in [0.5, 0.6) is 0 Å². The van der Waals surface area contributed by atoms with Crippen LogP contribution in [0.25, 0.3) is 22.2 Å². The molecule has 8 heteroatoms. The van der Waals surface area contributed by atoms with Gasteiger partial charge in [-0.25, -0.2) is 4.98 Å². The second-order valence-electron chi connectivity index (χ2n) is 6.17. The highest BCUT2D eigenvalue weighted by Crippen LogP contribution is 2.27. The summed E-state index contributed by atoms with van der Waals surface area (Å²) in [7, 11) is 0. The maximum atomic E-state index is 12.5. The van der Waals surface area contributed by atoms with E-state index in [1.54, 1.807) is 0 Å². The van der Waals surface area contributed by atoms with E-state index in [1.165, 1.54) is 18.3 Å². The molecule has 3 N–H and O–H groups in total. The lowest BCUT2D eigenvalue weighted by atomic mass is 10.1. The van der Waals surface area contributed by atoms with E-state index in [4.69, 9.17) is 0 Å². The number of H-pyrrole nitrogens is 1. The van der Waals surface area contributed by atoms with Gasteiger partial charge in [-0.2, -0.15) is 0 Å². The molecule has 28 heavy (non-hydrogen) atoms. The zero-order valence-corrected chi connectivity index (χ0v) is 17.1. The second-order valence-corrected chi connectivity index (χ2v) is 7.94. The fourth-order valence-corrected chi connectivity index (χ4v) is 3.88. The summed E-state index contributed by atoms with van der Waals surface area (Å²) in [6, 6.07) is 15.0. The van der Waals surface area contributed by atoms with Crippen molar-refractivity contribution >= 4 is 60.8 Å². The molecule has 0 unspecified atom stereocenters. The van der Waals surface area contributed by atoms with Gasteiger partial charge in [0.1, 0.15) is 5.69 Å². The Hall–Kier alpha value is -2.97. The molecule has 0 aliphatic heterocycles. The summed E-state index contributed by atoms with van der Waals surface area (Å²) in [5.74, 6) is -0.357. The number of anilines is 2. The Kier molecular flexibility index (Phi) is 4.97. The zero-order valence-electron chi connectivity index (χ0n) is 14.7. The Balaban J connectivity index is 1.49. The van der Waals surface area contributed by atoms with Crippen molar-refractivity contribution in [3.8, 4) is 11.3 Å². The molecule has 0 radical (unpaired) electrons. The van der Waals surface area contributed by atoms with Gasteiger partial charge in [0.15, 0.2) is 5.13 Å². The fraction of sp³-hybridized carbons (Fsp3) is 0.0500. The Labute approximate surface area is 173 Å². The predicted octanol–water partition coefficient (Wildman–Crippen LogP) is 5.26. The highest BCUT2D eigenvalue weighted by atomic mass is 79.9. The van der Waals surface area contributed by atoms with Crippen LogP contribution in [-0.4, -0.2) is 21.8 Å². The topological polar surface area (TPSA) is 86.9 Å². The van der Waals surface area contributed by atoms with Crippen molar-refractivity contribution in [1.82, 2.24) is 9.97 Å². The van der Waals surface area contributed by atoms with Crippen molar-refractivity contribution in [3.63, 3.8) is 0 Å². The number of aromatic amines is 1. The number of carbonyl (C=O) groups is 2. The van der Waals surface area contributed by atoms with E-state index in [-0.39, 0.29) is 11.8 Å². The third-order valence-electron chi connectivity index (χ3n) is 4.05. The van der Waals surface area contributed by atoms with Crippen LogP contribution in [-0.2, 0) is 4.79 Å². The third-order valence-corrected chi connectivity index (χ3v) is 5.30. The summed E-state index contributed by atoms with van der Waals surface area (Å²) < 4.78 is 0.958. The molecule has 2 aromatic carbocycles. The number of carbonyl (C=O) groups excluding carboxylic acids is 2. The average Bonchev–Trinajstić information content (AvgIpc) is 3.28. The lowest BCUT2D eigenvalue weighted by molar-refractivity contribution is -0.114. The van der Waals surface area contributed by atoms with E-state index in [0.29, 0.717) is 10.8 Å². The molecular weight excluding hydrogens is 440 g/mol. The lowest BCUT2D eigenvalue weighted by Crippen LogP contribution is -2.11. The van der Waals surface area contributed by atoms with E-state index in [2.05, 4.69) is 36.5 Å². The van der Waals surface area contributed by atoms with Gasteiger partial charge in [0.25, 0.3) is 5.91 Å². The molecule has 0 saturated carbocycles. The first kappa shape index (κ1) is 18.4. The summed E-state index contributed by atoms with van der Waals surface area (Å²) in [6.45, 7) is 1.47. The first-order chi connectivity index (χ1) is 13.5. The number of nitrogens with one attached hydrogen (secondary N) is 3. The number of halogens is 1. The van der Waals surface area contributed by atoms with Crippen molar-refractivity contribution < 1.29 is 9.59 Å². The fourth-order valence-electron chi connectivity index (χ4n) is 2.78. The lowest BCUT2D eigenvalue weighted by Gasteiger charge is -2.02. The summed E-state index contributed by atoms with van der Waals surface area (Å²) in [4.78, 5) is 31.2. The Morgan fingerprint density at radius 2 is 1.86 bits per heavy atom. The van der Waals surface area contributed by atoms with Gasteiger partial charge in [-0.3, -0.25) is 14.9 Å². The molecule has 0 saturated heterocycles. The van der Waals surface area contributed by atoms with Gasteiger partial charge in [-0.05, 0) is 36.4 Å². The minimum absolute atomic E-state index is 0.115. The van der Waals surface area contributed by atoms with Gasteiger partial charge in [0, 0.05) is 38.9 Å². The van der Waals surface area contributed by atoms with Gasteiger partial charge in [0.2, 0.25) is 5.91 Å². The van der Waals surface area contributed by atoms with Gasteiger partial charge in [-0.1, -0.05) is 28.1 Å². The largest absolute Gasteiger partial charge is 0.351 e. The minimum Gasteiger partial charge on any atom is -0.351 e. The van der Waals surface area contributed by atoms with Gasteiger partial charge in [0.05, 0.1) is 5.69 Å². The highest BCUT2D eigenvalue weighted by molar-refractivity contribution is 9.10. The average molecular weight is 455 g/mol. The number of aromatic nitrogens is 2. The molecule has 140 valence electrons. The molecule has 0 aliphatic carbocycles. The Bertz CT molecular complexity index is 1180. The van der Waals surface area contributed by atoms with Crippen LogP contribution < -0.4 is 10.6 Å². The van der Waals surface area contributed by atoms with Crippen LogP contribution >= 0.6 is 27.3 Å². The summed E-state index contributed by atoms with van der Waals surface area (Å²) >= 11 is 4.79. The van der Waals surface area contributed by atoms with E-state index in [9.17, 15) is 9.59 Å². The van der Waals surface area contributed by atoms with Crippen molar-refractivity contribution in [2.75, 3.05) is 10.6 Å². The molecular formula is C20H15BrN4O2S. The molecule has 2 heterocycles. The summed E-state index contributed by atoms with van der Waals surface area (Å²) in [6.07, 6.45) is 0. The summed E-state index contributed by atoms with van der Waals surface area (Å²) in [5, 5.41) is 8.91. The SMILES string of the molecule is CC(=O)Nc1ccc(-c2csc(NC(=O)c3cc4cc(Br)ccc4[nH]3)n2)cc1. The van der Waals surface area contributed by atoms with Crippen molar-refractivity contribution in [1.29, 1.82) is 0 Å². The molecule has 0 bridgehead atoms. The number of hydrogen-bond acceptors (Lipinski definition) is 4. The van der Waals surface area contributed by atoms with Gasteiger partial charge in [-0.15, -0.1) is 11.3 Å². The van der Waals surface area contributed by atoms with Crippen LogP contribution in [0, 0.1) is 0 Å². The second kappa shape index (κ2) is 7.57. The first-order valence-electron chi connectivity index (χ1n) is 8.41. The number of thiazole rings is 1. The quantitative estimate of drug-likeness (QED) is 0.392. The van der Waals surface area contributed by atoms with Crippen LogP contribution in [0.15, 0.2) is 58.4 Å². The number of fused-ring (bicyclic) bond motifs is 1. The van der Waals surface area contributed by atoms with Crippen molar-refractivity contribution in [3.05, 3.63) is 64.1 Å². The van der Waals surface area contributed by atoms with Crippen LogP contribution in [0.4, 0.5) is 10.8 Å². The molecule has 0 fully saturated rings. The number of amides is 2. The number of nitrogens with zero attached hydrogens (tertiary/aromatic N) is 1. The zero-order chi connectivity index (χ0) is 19.7. The number of benzene rings is 2. The molecule has 2 amide bonds. The molecule has 0 spiro atoms. The maximum Gasteiger partial charge on any atom is 0.273 e. The molecule has 4 aromatic rings. The molecule has 2 aromatic heterocycles. The number of rotatable bonds is 4. The van der Waals surface area contributed by atoms with Gasteiger partial charge < -0.3 is 10.3 Å². The smallest absolute Gasteiger partial charge is 0.273 e. The summed E-state index contributed by atoms with van der Waals surface area (Å²) in [5.41, 5.74) is 3.76. The standard InChI is InChI=1S/C20H15BrN4O2S/c1-11(26)22-15-5-2-12(3-6-15)18-10-28-20(24-18)25-19(27)17-9-13-8-14(21)4-7-16(13)23-17/h2-10,23H,1H3,(H,22,26)(H,24,25,27). The van der Waals surface area contributed by atoms with E-state index >= 15 is 0 Å². The monoisotopic (exact) mass is 454 g/mol. The maximum absolute atomic E-state index is 12.5. The number of hydrogen-bond donors (Lipinski definition) is 3. The van der Waals surface area contributed by atoms with E-state index < -0.39 is 0 Å². The van der Waals surface area contributed by atoms with Crippen molar-refractivity contribution in [2.45, 2.75) is 6.92 Å². The first-order valence-corrected chi connectivity index (χ1v) is 10.1. The Morgan fingerprint density at radius 3 is 2.61 bits per heavy atom. The third kappa shape index (κ3) is 3.97. The highest BCUT2D eigenvalue weighted by Gasteiger charge is 2.13. The van der Waals surface area contributed by atoms with Crippen LogP contribution in [0.2, 0.25) is 0 Å². The van der Waals surface area contributed by atoms with E-state index in [1.807, 2.05) is 53.9 Å². The van der Waals surface area contributed by atoms with Gasteiger partial charge >= 0.3 is 0 Å². The Morgan fingerprint density at radius 1 is 1.07 bits per heavy atom. The van der Waals surface area contributed by atoms with Crippen molar-refractivity contribution in [2.24, 2.45) is 0 Å². The van der Waals surface area contributed by atoms with Crippen LogP contribution in [0.3, 0.4) is 0 Å². The molecule has 6 nitrogen and oxygen atoms in total. The minimum atomic E-state index is -0.241. The van der Waals surface area contributed by atoms with E-state index in [0.717, 1.165) is 32.3 Å². The molecule has 4 rings (SSSR count). The molecule has 0 atom stereocenters.